The SMILES string of the molecule is CC(C)[C@@H](CO)Nc1ccnc2c(-c3ccccc3CO)cnn12. The van der Waals surface area contributed by atoms with Crippen molar-refractivity contribution in [3.05, 3.63) is 48.3 Å². The molecule has 0 radical (unpaired) electrons. The van der Waals surface area contributed by atoms with Crippen LogP contribution in [0.1, 0.15) is 19.4 Å². The molecule has 2 aromatic heterocycles. The topological polar surface area (TPSA) is 82.7 Å². The number of hydrogen-bond acceptors (Lipinski definition) is 5. The lowest BCUT2D eigenvalue weighted by Crippen LogP contribution is -2.30. The summed E-state index contributed by atoms with van der Waals surface area (Å²) in [4.78, 5) is 4.45. The fraction of sp³-hybridized carbons (Fsp3) is 0.333. The highest BCUT2D eigenvalue weighted by atomic mass is 16.3. The number of aromatic nitrogens is 3. The van der Waals surface area contributed by atoms with Gasteiger partial charge in [-0.2, -0.15) is 9.61 Å². The number of nitrogens with zero attached hydrogens (tertiary/aromatic N) is 3. The second-order valence-electron chi connectivity index (χ2n) is 6.12. The lowest BCUT2D eigenvalue weighted by atomic mass is 10.0. The zero-order chi connectivity index (χ0) is 17.1. The zero-order valence-electron chi connectivity index (χ0n) is 13.8. The monoisotopic (exact) mass is 326 g/mol. The van der Waals surface area contributed by atoms with Crippen LogP contribution in [0, 0.1) is 5.92 Å². The zero-order valence-corrected chi connectivity index (χ0v) is 13.8. The Morgan fingerprint density at radius 1 is 1.12 bits per heavy atom. The molecule has 3 N–H and O–H groups in total. The number of anilines is 1. The first-order chi connectivity index (χ1) is 11.7. The summed E-state index contributed by atoms with van der Waals surface area (Å²) in [7, 11) is 0. The van der Waals surface area contributed by atoms with Gasteiger partial charge >= 0.3 is 0 Å². The van der Waals surface area contributed by atoms with E-state index < -0.39 is 0 Å². The minimum Gasteiger partial charge on any atom is -0.394 e. The Hall–Kier alpha value is -2.44. The highest BCUT2D eigenvalue weighted by Crippen LogP contribution is 2.28. The predicted octanol–water partition coefficient (Wildman–Crippen LogP) is 2.32. The Kier molecular flexibility index (Phi) is 4.78. The number of hydrogen-bond donors (Lipinski definition) is 3. The van der Waals surface area contributed by atoms with E-state index in [0.717, 1.165) is 22.5 Å². The third kappa shape index (κ3) is 2.98. The van der Waals surface area contributed by atoms with Crippen molar-refractivity contribution in [3.8, 4) is 11.1 Å². The maximum Gasteiger partial charge on any atom is 0.165 e. The molecular formula is C18H22N4O2. The van der Waals surface area contributed by atoms with Crippen LogP contribution in [0.5, 0.6) is 0 Å². The van der Waals surface area contributed by atoms with Gasteiger partial charge in [0, 0.05) is 11.8 Å². The van der Waals surface area contributed by atoms with Crippen molar-refractivity contribution in [2.45, 2.75) is 26.5 Å². The molecule has 0 aliphatic rings. The van der Waals surface area contributed by atoms with E-state index in [1.807, 2.05) is 30.3 Å². The largest absolute Gasteiger partial charge is 0.394 e. The Labute approximate surface area is 140 Å². The van der Waals surface area contributed by atoms with Crippen molar-refractivity contribution in [3.63, 3.8) is 0 Å². The molecule has 24 heavy (non-hydrogen) atoms. The van der Waals surface area contributed by atoms with Crippen LogP contribution in [-0.2, 0) is 6.61 Å². The number of fused-ring (bicyclic) bond motifs is 1. The van der Waals surface area contributed by atoms with Gasteiger partial charge in [-0.3, -0.25) is 0 Å². The number of benzene rings is 1. The van der Waals surface area contributed by atoms with Crippen LogP contribution in [0.3, 0.4) is 0 Å². The van der Waals surface area contributed by atoms with Gasteiger partial charge in [-0.1, -0.05) is 38.1 Å². The van der Waals surface area contributed by atoms with E-state index in [1.54, 1.807) is 16.9 Å². The summed E-state index contributed by atoms with van der Waals surface area (Å²) < 4.78 is 1.73. The van der Waals surface area contributed by atoms with Gasteiger partial charge in [0.15, 0.2) is 5.65 Å². The van der Waals surface area contributed by atoms with Crippen molar-refractivity contribution >= 4 is 11.5 Å². The number of rotatable bonds is 6. The second kappa shape index (κ2) is 6.98. The van der Waals surface area contributed by atoms with E-state index in [0.29, 0.717) is 5.65 Å². The van der Waals surface area contributed by atoms with E-state index >= 15 is 0 Å². The quantitative estimate of drug-likeness (QED) is 0.647. The van der Waals surface area contributed by atoms with Crippen molar-refractivity contribution in [1.82, 2.24) is 14.6 Å². The fourth-order valence-electron chi connectivity index (χ4n) is 2.72. The highest BCUT2D eigenvalue weighted by Gasteiger charge is 2.16. The lowest BCUT2D eigenvalue weighted by Gasteiger charge is -2.21. The number of aliphatic hydroxyl groups excluding tert-OH is 2. The summed E-state index contributed by atoms with van der Waals surface area (Å²) in [6.07, 6.45) is 3.48. The molecule has 1 atom stereocenters. The highest BCUT2D eigenvalue weighted by molar-refractivity contribution is 5.80. The van der Waals surface area contributed by atoms with Crippen molar-refractivity contribution < 1.29 is 10.2 Å². The summed E-state index contributed by atoms with van der Waals surface area (Å²) in [5.74, 6) is 1.06. The molecule has 0 bridgehead atoms. The smallest absolute Gasteiger partial charge is 0.165 e. The molecule has 6 nitrogen and oxygen atoms in total. The molecule has 126 valence electrons. The minimum absolute atomic E-state index is 0.0363. The molecule has 0 fully saturated rings. The van der Waals surface area contributed by atoms with Gasteiger partial charge in [-0.25, -0.2) is 4.98 Å². The Balaban J connectivity index is 2.07. The Morgan fingerprint density at radius 3 is 2.62 bits per heavy atom. The summed E-state index contributed by atoms with van der Waals surface area (Å²) >= 11 is 0. The van der Waals surface area contributed by atoms with Crippen molar-refractivity contribution in [2.24, 2.45) is 5.92 Å². The van der Waals surface area contributed by atoms with Crippen LogP contribution >= 0.6 is 0 Å². The van der Waals surface area contributed by atoms with Gasteiger partial charge in [0.05, 0.1) is 25.5 Å². The van der Waals surface area contributed by atoms with Crippen molar-refractivity contribution in [2.75, 3.05) is 11.9 Å². The van der Waals surface area contributed by atoms with E-state index in [2.05, 4.69) is 29.2 Å². The summed E-state index contributed by atoms with van der Waals surface area (Å²) in [5.41, 5.74) is 3.33. The van der Waals surface area contributed by atoms with E-state index in [4.69, 9.17) is 0 Å². The molecule has 0 saturated carbocycles. The molecule has 0 aliphatic heterocycles. The summed E-state index contributed by atoms with van der Waals surface area (Å²) in [6.45, 7) is 4.12. The number of nitrogens with one attached hydrogen (secondary N) is 1. The molecule has 0 saturated heterocycles. The first kappa shape index (κ1) is 16.4. The van der Waals surface area contributed by atoms with Gasteiger partial charge in [-0.15, -0.1) is 0 Å². The van der Waals surface area contributed by atoms with E-state index in [-0.39, 0.29) is 25.2 Å². The van der Waals surface area contributed by atoms with Gasteiger partial charge in [0.1, 0.15) is 5.82 Å². The maximum absolute atomic E-state index is 9.57. The third-order valence-electron chi connectivity index (χ3n) is 4.21. The van der Waals surface area contributed by atoms with E-state index in [9.17, 15) is 10.2 Å². The van der Waals surface area contributed by atoms with E-state index in [1.165, 1.54) is 0 Å². The molecule has 1 aromatic carbocycles. The van der Waals surface area contributed by atoms with Crippen LogP contribution in [0.4, 0.5) is 5.82 Å². The Morgan fingerprint density at radius 2 is 1.92 bits per heavy atom. The summed E-state index contributed by atoms with van der Waals surface area (Å²) in [6, 6.07) is 9.45. The molecular weight excluding hydrogens is 304 g/mol. The number of aliphatic hydroxyl groups is 2. The Bertz CT molecular complexity index is 829. The first-order valence-corrected chi connectivity index (χ1v) is 8.05. The van der Waals surface area contributed by atoms with Crippen LogP contribution in [0.15, 0.2) is 42.7 Å². The van der Waals surface area contributed by atoms with Gasteiger partial charge in [0.2, 0.25) is 0 Å². The molecule has 0 aliphatic carbocycles. The lowest BCUT2D eigenvalue weighted by molar-refractivity contribution is 0.249. The first-order valence-electron chi connectivity index (χ1n) is 8.05. The molecule has 2 heterocycles. The maximum atomic E-state index is 9.57. The van der Waals surface area contributed by atoms with Crippen LogP contribution in [0.2, 0.25) is 0 Å². The molecule has 3 aromatic rings. The normalized spacial score (nSPS) is 12.7. The van der Waals surface area contributed by atoms with Gasteiger partial charge < -0.3 is 15.5 Å². The van der Waals surface area contributed by atoms with Crippen LogP contribution in [0.25, 0.3) is 16.8 Å². The molecule has 0 unspecified atom stereocenters. The van der Waals surface area contributed by atoms with Gasteiger partial charge in [-0.05, 0) is 23.1 Å². The molecule has 3 rings (SSSR count). The standard InChI is InChI=1S/C18H22N4O2/c1-12(2)16(11-24)21-17-7-8-19-18-15(9-20-22(17)18)14-6-4-3-5-13(14)10-23/h3-9,12,16,21,23-24H,10-11H2,1-2H3/t16-/m1/s1. The third-order valence-corrected chi connectivity index (χ3v) is 4.21. The predicted molar refractivity (Wildman–Crippen MR) is 93.7 cm³/mol. The molecule has 0 amide bonds. The average molecular weight is 326 g/mol. The van der Waals surface area contributed by atoms with Gasteiger partial charge in [0.25, 0.3) is 0 Å². The minimum atomic E-state index is -0.0621. The molecule has 6 heteroatoms. The van der Waals surface area contributed by atoms with Crippen molar-refractivity contribution in [1.29, 1.82) is 0 Å². The second-order valence-corrected chi connectivity index (χ2v) is 6.12. The fourth-order valence-corrected chi connectivity index (χ4v) is 2.72. The summed E-state index contributed by atoms with van der Waals surface area (Å²) in [5, 5.41) is 26.9. The average Bonchev–Trinajstić information content (AvgIpc) is 3.04. The van der Waals surface area contributed by atoms with Crippen LogP contribution < -0.4 is 5.32 Å². The molecule has 0 spiro atoms. The van der Waals surface area contributed by atoms with Crippen LogP contribution in [-0.4, -0.2) is 37.5 Å².